The quantitative estimate of drug-likeness (QED) is 0.445. The highest BCUT2D eigenvalue weighted by molar-refractivity contribution is 7.89. The van der Waals surface area contributed by atoms with E-state index in [0.717, 1.165) is 48.9 Å². The molecule has 1 heterocycles. The monoisotopic (exact) mass is 473 g/mol. The molecule has 170 valence electrons. The number of halogens is 1. The van der Waals surface area contributed by atoms with Crippen LogP contribution in [0.15, 0.2) is 53.4 Å². The standard InChI is InChI=1S/C23H28ClN5O2S/c1-25-22-20-7-2-3-8-21(20)28-23(29-22)26-14-16-9-11-17(12-10-16)15-27-32(30,31)19-6-4-5-18(24)13-19/h2-8,13,16-17,27H,9-12,14-15H2,1H3,(H2,25,26,28,29). The number of hydrogen-bond acceptors (Lipinski definition) is 6. The summed E-state index contributed by atoms with van der Waals surface area (Å²) in [7, 11) is -1.67. The van der Waals surface area contributed by atoms with Crippen molar-refractivity contribution in [3.05, 3.63) is 53.6 Å². The van der Waals surface area contributed by atoms with Crippen LogP contribution in [0, 0.1) is 11.8 Å². The molecule has 4 rings (SSSR count). The summed E-state index contributed by atoms with van der Waals surface area (Å²) < 4.78 is 27.7. The van der Waals surface area contributed by atoms with Crippen molar-refractivity contribution in [1.82, 2.24) is 14.7 Å². The van der Waals surface area contributed by atoms with Gasteiger partial charge in [-0.25, -0.2) is 18.1 Å². The second kappa shape index (κ2) is 10.0. The molecule has 0 amide bonds. The van der Waals surface area contributed by atoms with Gasteiger partial charge in [-0.2, -0.15) is 4.98 Å². The van der Waals surface area contributed by atoms with Gasteiger partial charge >= 0.3 is 0 Å². The Morgan fingerprint density at radius 3 is 2.41 bits per heavy atom. The molecule has 0 spiro atoms. The van der Waals surface area contributed by atoms with E-state index in [-0.39, 0.29) is 4.90 Å². The van der Waals surface area contributed by atoms with E-state index >= 15 is 0 Å². The van der Waals surface area contributed by atoms with Gasteiger partial charge in [-0.1, -0.05) is 29.8 Å². The van der Waals surface area contributed by atoms with Crippen LogP contribution in [0.4, 0.5) is 11.8 Å². The second-order valence-electron chi connectivity index (χ2n) is 8.24. The van der Waals surface area contributed by atoms with E-state index in [1.165, 1.54) is 6.07 Å². The van der Waals surface area contributed by atoms with Gasteiger partial charge in [-0.15, -0.1) is 0 Å². The molecule has 0 radical (unpaired) electrons. The van der Waals surface area contributed by atoms with Gasteiger partial charge in [0.05, 0.1) is 10.4 Å². The van der Waals surface area contributed by atoms with E-state index in [4.69, 9.17) is 11.6 Å². The molecule has 1 aliphatic carbocycles. The molecule has 32 heavy (non-hydrogen) atoms. The first-order chi connectivity index (χ1) is 15.4. The van der Waals surface area contributed by atoms with Gasteiger partial charge in [0, 0.05) is 30.5 Å². The van der Waals surface area contributed by atoms with E-state index < -0.39 is 10.0 Å². The summed E-state index contributed by atoms with van der Waals surface area (Å²) in [5.74, 6) is 2.30. The molecule has 9 heteroatoms. The molecule has 7 nitrogen and oxygen atoms in total. The Hall–Kier alpha value is -2.42. The molecule has 2 aromatic carbocycles. The van der Waals surface area contributed by atoms with Gasteiger partial charge in [0.1, 0.15) is 5.82 Å². The number of nitrogens with zero attached hydrogens (tertiary/aromatic N) is 2. The number of hydrogen-bond donors (Lipinski definition) is 3. The maximum Gasteiger partial charge on any atom is 0.240 e. The summed E-state index contributed by atoms with van der Waals surface area (Å²) in [4.78, 5) is 9.42. The van der Waals surface area contributed by atoms with Gasteiger partial charge in [0.2, 0.25) is 16.0 Å². The highest BCUT2D eigenvalue weighted by atomic mass is 35.5. The van der Waals surface area contributed by atoms with E-state index in [0.29, 0.717) is 29.4 Å². The average molecular weight is 474 g/mol. The molecular formula is C23H28ClN5O2S. The second-order valence-corrected chi connectivity index (χ2v) is 10.4. The fourth-order valence-electron chi connectivity index (χ4n) is 4.17. The first kappa shape index (κ1) is 22.8. The lowest BCUT2D eigenvalue weighted by Crippen LogP contribution is -2.32. The number of nitrogens with one attached hydrogen (secondary N) is 3. The maximum absolute atomic E-state index is 12.5. The zero-order valence-electron chi connectivity index (χ0n) is 18.0. The number of rotatable bonds is 8. The minimum Gasteiger partial charge on any atom is -0.372 e. The third-order valence-electron chi connectivity index (χ3n) is 6.02. The third kappa shape index (κ3) is 5.49. The fraction of sp³-hybridized carbons (Fsp3) is 0.391. The number of para-hydroxylation sites is 1. The van der Waals surface area contributed by atoms with Crippen LogP contribution in [0.2, 0.25) is 5.02 Å². The Balaban J connectivity index is 1.27. The lowest BCUT2D eigenvalue weighted by Gasteiger charge is -2.28. The molecule has 1 aliphatic rings. The van der Waals surface area contributed by atoms with E-state index in [2.05, 4.69) is 25.3 Å². The molecule has 1 saturated carbocycles. The fourth-order valence-corrected chi connectivity index (χ4v) is 5.58. The first-order valence-corrected chi connectivity index (χ1v) is 12.7. The molecule has 3 N–H and O–H groups in total. The average Bonchev–Trinajstić information content (AvgIpc) is 2.81. The minimum atomic E-state index is -3.54. The van der Waals surface area contributed by atoms with Crippen molar-refractivity contribution in [2.45, 2.75) is 30.6 Å². The topological polar surface area (TPSA) is 96.0 Å². The van der Waals surface area contributed by atoms with Crippen molar-refractivity contribution in [1.29, 1.82) is 0 Å². The number of sulfonamides is 1. The van der Waals surface area contributed by atoms with Crippen LogP contribution in [0.25, 0.3) is 10.9 Å². The molecule has 0 unspecified atom stereocenters. The molecule has 3 aromatic rings. The zero-order chi connectivity index (χ0) is 22.6. The van der Waals surface area contributed by atoms with Gasteiger partial charge in [0.15, 0.2) is 0 Å². The van der Waals surface area contributed by atoms with Crippen LogP contribution in [0.5, 0.6) is 0 Å². The Morgan fingerprint density at radius 2 is 1.69 bits per heavy atom. The van der Waals surface area contributed by atoms with Crippen molar-refractivity contribution >= 4 is 44.3 Å². The lowest BCUT2D eigenvalue weighted by atomic mass is 9.82. The molecule has 0 saturated heterocycles. The molecule has 1 fully saturated rings. The first-order valence-electron chi connectivity index (χ1n) is 10.9. The summed E-state index contributed by atoms with van der Waals surface area (Å²) in [5, 5.41) is 7.95. The van der Waals surface area contributed by atoms with Crippen molar-refractivity contribution in [3.63, 3.8) is 0 Å². The minimum absolute atomic E-state index is 0.208. The molecule has 0 atom stereocenters. The lowest BCUT2D eigenvalue weighted by molar-refractivity contribution is 0.284. The van der Waals surface area contributed by atoms with Crippen LogP contribution in [0.1, 0.15) is 25.7 Å². The highest BCUT2D eigenvalue weighted by Gasteiger charge is 2.23. The predicted molar refractivity (Wildman–Crippen MR) is 130 cm³/mol. The van der Waals surface area contributed by atoms with Crippen LogP contribution < -0.4 is 15.4 Å². The van der Waals surface area contributed by atoms with Crippen molar-refractivity contribution in [2.24, 2.45) is 11.8 Å². The molecule has 0 bridgehead atoms. The summed E-state index contributed by atoms with van der Waals surface area (Å²) in [6, 6.07) is 14.3. The smallest absolute Gasteiger partial charge is 0.240 e. The SMILES string of the molecule is CNc1nc(NCC2CCC(CNS(=O)(=O)c3cccc(Cl)c3)CC2)nc2ccccc12. The molecule has 1 aromatic heterocycles. The van der Waals surface area contributed by atoms with Gasteiger partial charge < -0.3 is 10.6 Å². The van der Waals surface area contributed by atoms with Crippen molar-refractivity contribution in [3.8, 4) is 0 Å². The normalized spacial score (nSPS) is 19.1. The number of fused-ring (bicyclic) bond motifs is 1. The predicted octanol–water partition coefficient (Wildman–Crippen LogP) is 4.52. The summed E-state index contributed by atoms with van der Waals surface area (Å²) >= 11 is 5.92. The number of benzene rings is 2. The maximum atomic E-state index is 12.5. The third-order valence-corrected chi connectivity index (χ3v) is 7.68. The van der Waals surface area contributed by atoms with E-state index in [1.807, 2.05) is 31.3 Å². The Kier molecular flexibility index (Phi) is 7.13. The Morgan fingerprint density at radius 1 is 0.969 bits per heavy atom. The van der Waals surface area contributed by atoms with E-state index in [9.17, 15) is 8.42 Å². The highest BCUT2D eigenvalue weighted by Crippen LogP contribution is 2.29. The number of anilines is 2. The summed E-state index contributed by atoms with van der Waals surface area (Å²) in [6.07, 6.45) is 4.07. The van der Waals surface area contributed by atoms with Crippen molar-refractivity contribution in [2.75, 3.05) is 30.8 Å². The van der Waals surface area contributed by atoms with Gasteiger partial charge in [-0.05, 0) is 67.9 Å². The largest absolute Gasteiger partial charge is 0.372 e. The summed E-state index contributed by atoms with van der Waals surface area (Å²) in [6.45, 7) is 1.26. The van der Waals surface area contributed by atoms with E-state index in [1.54, 1.807) is 18.2 Å². The van der Waals surface area contributed by atoms with Gasteiger partial charge in [0.25, 0.3) is 0 Å². The van der Waals surface area contributed by atoms with Crippen LogP contribution in [0.3, 0.4) is 0 Å². The molecular weight excluding hydrogens is 446 g/mol. The van der Waals surface area contributed by atoms with Crippen LogP contribution in [-0.4, -0.2) is 38.5 Å². The number of aromatic nitrogens is 2. The van der Waals surface area contributed by atoms with Crippen molar-refractivity contribution < 1.29 is 8.42 Å². The Labute approximate surface area is 194 Å². The zero-order valence-corrected chi connectivity index (χ0v) is 19.6. The van der Waals surface area contributed by atoms with Crippen LogP contribution >= 0.6 is 11.6 Å². The molecule has 0 aliphatic heterocycles. The summed E-state index contributed by atoms with van der Waals surface area (Å²) in [5.41, 5.74) is 0.907. The van der Waals surface area contributed by atoms with Crippen LogP contribution in [-0.2, 0) is 10.0 Å². The Bertz CT molecular complexity index is 1180. The van der Waals surface area contributed by atoms with Gasteiger partial charge in [-0.3, -0.25) is 0 Å².